The van der Waals surface area contributed by atoms with Crippen LogP contribution in [0.1, 0.15) is 24.6 Å². The minimum Gasteiger partial charge on any atom is -0.370 e. The number of aromatic amines is 1. The number of hydrogen-bond acceptors (Lipinski definition) is 4. The molecule has 3 rings (SSSR count). The monoisotopic (exact) mass is 367 g/mol. The van der Waals surface area contributed by atoms with Crippen molar-refractivity contribution in [2.75, 3.05) is 13.1 Å². The number of aromatic nitrogens is 3. The van der Waals surface area contributed by atoms with Crippen LogP contribution < -0.4 is 21.9 Å². The molecule has 0 aliphatic rings. The summed E-state index contributed by atoms with van der Waals surface area (Å²) >= 11 is 0. The molecule has 0 atom stereocenters. The van der Waals surface area contributed by atoms with Crippen LogP contribution in [0.15, 0.2) is 41.5 Å². The molecule has 0 amide bonds. The number of rotatable bonds is 8. The van der Waals surface area contributed by atoms with Gasteiger partial charge < -0.3 is 21.4 Å². The Hall–Kier alpha value is -3.13. The Balaban J connectivity index is 1.63. The van der Waals surface area contributed by atoms with Crippen LogP contribution in [-0.4, -0.2) is 33.4 Å². The fourth-order valence-electron chi connectivity index (χ4n) is 2.85. The van der Waals surface area contributed by atoms with E-state index in [1.165, 1.54) is 0 Å². The number of aryl methyl sites for hydroxylation is 1. The predicted molar refractivity (Wildman–Crippen MR) is 107 cm³/mol. The summed E-state index contributed by atoms with van der Waals surface area (Å²) in [6, 6.07) is 7.93. The van der Waals surface area contributed by atoms with Gasteiger partial charge in [-0.25, -0.2) is 0 Å². The third-order valence-electron chi connectivity index (χ3n) is 4.34. The first-order valence-corrected chi connectivity index (χ1v) is 9.05. The molecule has 2 heterocycles. The molecular weight excluding hydrogens is 342 g/mol. The standard InChI is InChI=1S/C19H25N7O/c1-2-15-11-26-12-16(17(27)25-19(26)24-15)14-6-4-13(5-7-14)10-22-8-3-9-23-18(20)21/h4-7,11-12,22H,2-3,8-10H2,1H3,(H4,20,21,23)(H,24,25,27). The fraction of sp³-hybridized carbons (Fsp3) is 0.316. The van der Waals surface area contributed by atoms with E-state index in [0.29, 0.717) is 17.9 Å². The lowest BCUT2D eigenvalue weighted by molar-refractivity contribution is 0.639. The summed E-state index contributed by atoms with van der Waals surface area (Å²) < 4.78 is 1.86. The smallest absolute Gasteiger partial charge is 0.282 e. The maximum Gasteiger partial charge on any atom is 0.282 e. The van der Waals surface area contributed by atoms with Crippen molar-refractivity contribution in [3.8, 4) is 11.1 Å². The Morgan fingerprint density at radius 1 is 1.26 bits per heavy atom. The SMILES string of the molecule is CCc1cn2cc(-c3ccc(CNCCCNC(=N)N)cc3)c(=O)nc2[nH]1. The van der Waals surface area contributed by atoms with E-state index in [0.717, 1.165) is 42.8 Å². The molecular formula is C19H25N7O. The fourth-order valence-corrected chi connectivity index (χ4v) is 2.85. The number of guanidine groups is 1. The summed E-state index contributed by atoms with van der Waals surface area (Å²) in [4.78, 5) is 19.6. The summed E-state index contributed by atoms with van der Waals surface area (Å²) in [6.07, 6.45) is 5.54. The second-order valence-corrected chi connectivity index (χ2v) is 6.39. The van der Waals surface area contributed by atoms with Crippen molar-refractivity contribution in [2.45, 2.75) is 26.3 Å². The van der Waals surface area contributed by atoms with Gasteiger partial charge in [0.25, 0.3) is 5.56 Å². The van der Waals surface area contributed by atoms with E-state index in [-0.39, 0.29) is 11.5 Å². The highest BCUT2D eigenvalue weighted by Gasteiger charge is 2.08. The summed E-state index contributed by atoms with van der Waals surface area (Å²) in [5.41, 5.74) is 8.62. The van der Waals surface area contributed by atoms with Crippen molar-refractivity contribution in [3.63, 3.8) is 0 Å². The predicted octanol–water partition coefficient (Wildman–Crippen LogP) is 1.21. The number of nitrogens with zero attached hydrogens (tertiary/aromatic N) is 2. The lowest BCUT2D eigenvalue weighted by Crippen LogP contribution is -2.32. The van der Waals surface area contributed by atoms with Crippen molar-refractivity contribution >= 4 is 11.7 Å². The first kappa shape index (κ1) is 18.7. The van der Waals surface area contributed by atoms with E-state index >= 15 is 0 Å². The number of hydrogen-bond donors (Lipinski definition) is 5. The van der Waals surface area contributed by atoms with E-state index in [2.05, 4.69) is 27.5 Å². The number of imidazole rings is 1. The lowest BCUT2D eigenvalue weighted by Gasteiger charge is -2.07. The van der Waals surface area contributed by atoms with E-state index in [4.69, 9.17) is 11.1 Å². The summed E-state index contributed by atoms with van der Waals surface area (Å²) in [6.45, 7) is 4.31. The molecule has 0 unspecified atom stereocenters. The molecule has 0 fully saturated rings. The molecule has 142 valence electrons. The van der Waals surface area contributed by atoms with Gasteiger partial charge in [0.15, 0.2) is 5.96 Å². The van der Waals surface area contributed by atoms with Crippen molar-refractivity contribution in [3.05, 3.63) is 58.3 Å². The van der Waals surface area contributed by atoms with Crippen LogP contribution in [0.2, 0.25) is 0 Å². The minimum atomic E-state index is -0.233. The van der Waals surface area contributed by atoms with Gasteiger partial charge in [0.05, 0.1) is 5.56 Å². The maximum absolute atomic E-state index is 12.3. The molecule has 0 aliphatic carbocycles. The molecule has 1 aromatic carbocycles. The van der Waals surface area contributed by atoms with Gasteiger partial charge >= 0.3 is 0 Å². The van der Waals surface area contributed by atoms with Crippen molar-refractivity contribution in [1.29, 1.82) is 5.41 Å². The second kappa shape index (κ2) is 8.50. The highest BCUT2D eigenvalue weighted by Crippen LogP contribution is 2.16. The molecule has 0 bridgehead atoms. The molecule has 0 spiro atoms. The Morgan fingerprint density at radius 2 is 2.04 bits per heavy atom. The number of nitrogens with two attached hydrogens (primary N) is 1. The Labute approximate surface area is 157 Å². The van der Waals surface area contributed by atoms with Gasteiger partial charge in [0.1, 0.15) is 0 Å². The number of fused-ring (bicyclic) bond motifs is 1. The highest BCUT2D eigenvalue weighted by atomic mass is 16.1. The van der Waals surface area contributed by atoms with Crippen LogP contribution in [0.5, 0.6) is 0 Å². The Bertz CT molecular complexity index is 972. The van der Waals surface area contributed by atoms with Crippen LogP contribution in [0.25, 0.3) is 16.9 Å². The second-order valence-electron chi connectivity index (χ2n) is 6.39. The van der Waals surface area contributed by atoms with E-state index in [1.54, 1.807) is 0 Å². The molecule has 27 heavy (non-hydrogen) atoms. The molecule has 2 aromatic heterocycles. The van der Waals surface area contributed by atoms with Crippen LogP contribution >= 0.6 is 0 Å². The van der Waals surface area contributed by atoms with Gasteiger partial charge in [-0.05, 0) is 30.5 Å². The zero-order chi connectivity index (χ0) is 19.2. The number of benzene rings is 1. The zero-order valence-corrected chi connectivity index (χ0v) is 15.4. The van der Waals surface area contributed by atoms with E-state index < -0.39 is 0 Å². The number of nitrogens with one attached hydrogen (secondary N) is 4. The minimum absolute atomic E-state index is 0.000251. The summed E-state index contributed by atoms with van der Waals surface area (Å²) in [5.74, 6) is 0.570. The quantitative estimate of drug-likeness (QED) is 0.233. The highest BCUT2D eigenvalue weighted by molar-refractivity contribution is 5.74. The van der Waals surface area contributed by atoms with Crippen molar-refractivity contribution < 1.29 is 0 Å². The average Bonchev–Trinajstić information content (AvgIpc) is 3.06. The first-order chi connectivity index (χ1) is 13.1. The topological polar surface area (TPSA) is 124 Å². The van der Waals surface area contributed by atoms with E-state index in [9.17, 15) is 4.79 Å². The van der Waals surface area contributed by atoms with Gasteiger partial charge in [-0.2, -0.15) is 4.98 Å². The van der Waals surface area contributed by atoms with Crippen LogP contribution in [-0.2, 0) is 13.0 Å². The molecule has 0 aliphatic heterocycles. The van der Waals surface area contributed by atoms with Crippen LogP contribution in [0.3, 0.4) is 0 Å². The summed E-state index contributed by atoms with van der Waals surface area (Å²) in [5, 5.41) is 13.2. The zero-order valence-electron chi connectivity index (χ0n) is 15.4. The van der Waals surface area contributed by atoms with Gasteiger partial charge in [-0.1, -0.05) is 31.2 Å². The number of H-pyrrole nitrogens is 1. The molecule has 8 nitrogen and oxygen atoms in total. The molecule has 0 saturated heterocycles. The van der Waals surface area contributed by atoms with Crippen molar-refractivity contribution in [2.24, 2.45) is 5.73 Å². The van der Waals surface area contributed by atoms with E-state index in [1.807, 2.05) is 41.1 Å². The van der Waals surface area contributed by atoms with Crippen LogP contribution in [0.4, 0.5) is 0 Å². The first-order valence-electron chi connectivity index (χ1n) is 9.05. The normalized spacial score (nSPS) is 11.0. The van der Waals surface area contributed by atoms with Gasteiger partial charge in [-0.15, -0.1) is 0 Å². The average molecular weight is 367 g/mol. The molecule has 8 heteroatoms. The Morgan fingerprint density at radius 3 is 2.74 bits per heavy atom. The van der Waals surface area contributed by atoms with Gasteiger partial charge in [0, 0.05) is 31.2 Å². The largest absolute Gasteiger partial charge is 0.370 e. The molecule has 0 radical (unpaired) electrons. The molecule has 6 N–H and O–H groups in total. The lowest BCUT2D eigenvalue weighted by atomic mass is 10.1. The van der Waals surface area contributed by atoms with Gasteiger partial charge in [-0.3, -0.25) is 14.6 Å². The maximum atomic E-state index is 12.3. The molecule has 0 saturated carbocycles. The summed E-state index contributed by atoms with van der Waals surface area (Å²) in [7, 11) is 0. The Kier molecular flexibility index (Phi) is 5.87. The third kappa shape index (κ3) is 4.73. The third-order valence-corrected chi connectivity index (χ3v) is 4.34. The van der Waals surface area contributed by atoms with Crippen molar-refractivity contribution in [1.82, 2.24) is 25.0 Å². The van der Waals surface area contributed by atoms with Crippen LogP contribution in [0, 0.1) is 5.41 Å². The van der Waals surface area contributed by atoms with Gasteiger partial charge in [0.2, 0.25) is 5.78 Å². The molecule has 3 aromatic rings.